The number of aryl methyl sites for hydroxylation is 2. The Morgan fingerprint density at radius 3 is 2.31 bits per heavy atom. The fraction of sp³-hybridized carbons (Fsp3) is 0.333. The molecule has 0 radical (unpaired) electrons. The van der Waals surface area contributed by atoms with E-state index < -0.39 is 15.9 Å². The number of amides is 1. The van der Waals surface area contributed by atoms with Crippen LogP contribution >= 0.6 is 0 Å². The Labute approximate surface area is 187 Å². The maximum Gasteiger partial charge on any atom is 0.291 e. The van der Waals surface area contributed by atoms with E-state index in [0.29, 0.717) is 35.7 Å². The molecule has 1 saturated heterocycles. The Morgan fingerprint density at radius 2 is 1.66 bits per heavy atom. The molecule has 4 rings (SSSR count). The molecule has 0 unspecified atom stereocenters. The number of nitrogens with one attached hydrogen (secondary N) is 1. The predicted octanol–water partition coefficient (Wildman–Crippen LogP) is 4.08. The average molecular weight is 455 g/mol. The predicted molar refractivity (Wildman–Crippen MR) is 124 cm³/mol. The summed E-state index contributed by atoms with van der Waals surface area (Å²) >= 11 is 0. The Balaban J connectivity index is 1.53. The van der Waals surface area contributed by atoms with E-state index in [1.54, 1.807) is 12.1 Å². The van der Waals surface area contributed by atoms with E-state index in [9.17, 15) is 18.0 Å². The number of piperidine rings is 1. The van der Waals surface area contributed by atoms with Crippen LogP contribution in [0.1, 0.15) is 41.4 Å². The van der Waals surface area contributed by atoms with Crippen LogP contribution in [0.4, 0.5) is 5.69 Å². The molecule has 1 aromatic heterocycles. The van der Waals surface area contributed by atoms with Crippen molar-refractivity contribution in [2.45, 2.75) is 38.5 Å². The topological polar surface area (TPSA) is 96.7 Å². The molecular formula is C24H26N2O5S. The van der Waals surface area contributed by atoms with Gasteiger partial charge in [0, 0.05) is 24.8 Å². The van der Waals surface area contributed by atoms with Crippen LogP contribution in [0.5, 0.6) is 0 Å². The Hall–Kier alpha value is -2.97. The van der Waals surface area contributed by atoms with Crippen LogP contribution in [0.15, 0.2) is 56.6 Å². The third-order valence-corrected chi connectivity index (χ3v) is 7.97. The lowest BCUT2D eigenvalue weighted by molar-refractivity contribution is 0.0997. The average Bonchev–Trinajstić information content (AvgIpc) is 2.75. The Kier molecular flexibility index (Phi) is 5.92. The van der Waals surface area contributed by atoms with Crippen molar-refractivity contribution >= 4 is 32.6 Å². The number of carbonyl (C=O) groups excluding carboxylic acids is 1. The summed E-state index contributed by atoms with van der Waals surface area (Å²) in [6, 6.07) is 10.7. The number of hydrogen-bond donors (Lipinski definition) is 1. The third-order valence-electron chi connectivity index (χ3n) is 6.06. The standard InChI is InChI=1S/C24H26N2O5S/c1-15-8-10-26(11-9-15)32(29,30)19-6-4-18(5-7-19)25-24(28)23-14-21(27)20-12-16(2)17(3)13-22(20)31-23/h4-7,12-15H,8-11H2,1-3H3,(H,25,28). The van der Waals surface area contributed by atoms with Crippen molar-refractivity contribution in [1.29, 1.82) is 0 Å². The summed E-state index contributed by atoms with van der Waals surface area (Å²) in [4.78, 5) is 25.3. The fourth-order valence-electron chi connectivity index (χ4n) is 3.80. The number of anilines is 1. The summed E-state index contributed by atoms with van der Waals surface area (Å²) < 4.78 is 32.9. The second kappa shape index (κ2) is 8.52. The van der Waals surface area contributed by atoms with Crippen molar-refractivity contribution < 1.29 is 17.6 Å². The second-order valence-corrected chi connectivity index (χ2v) is 10.4. The molecular weight excluding hydrogens is 428 g/mol. The van der Waals surface area contributed by atoms with Crippen LogP contribution in [0.3, 0.4) is 0 Å². The molecule has 0 saturated carbocycles. The van der Waals surface area contributed by atoms with Gasteiger partial charge in [-0.1, -0.05) is 6.92 Å². The number of fused-ring (bicyclic) bond motifs is 1. The van der Waals surface area contributed by atoms with E-state index in [1.807, 2.05) is 13.8 Å². The van der Waals surface area contributed by atoms with Crippen molar-refractivity contribution in [3.63, 3.8) is 0 Å². The van der Waals surface area contributed by atoms with Crippen molar-refractivity contribution in [2.75, 3.05) is 18.4 Å². The first-order chi connectivity index (χ1) is 15.1. The van der Waals surface area contributed by atoms with Crippen molar-refractivity contribution in [2.24, 2.45) is 5.92 Å². The lowest BCUT2D eigenvalue weighted by atomic mass is 10.0. The fourth-order valence-corrected chi connectivity index (χ4v) is 5.27. The minimum absolute atomic E-state index is 0.107. The van der Waals surface area contributed by atoms with E-state index in [0.717, 1.165) is 24.0 Å². The highest BCUT2D eigenvalue weighted by molar-refractivity contribution is 7.89. The van der Waals surface area contributed by atoms with Gasteiger partial charge in [0.1, 0.15) is 5.58 Å². The van der Waals surface area contributed by atoms with Gasteiger partial charge in [0.2, 0.25) is 10.0 Å². The zero-order chi connectivity index (χ0) is 23.0. The molecule has 168 valence electrons. The molecule has 8 heteroatoms. The van der Waals surface area contributed by atoms with E-state index >= 15 is 0 Å². The molecule has 1 amide bonds. The maximum absolute atomic E-state index is 12.9. The van der Waals surface area contributed by atoms with Gasteiger partial charge in [0.25, 0.3) is 5.91 Å². The molecule has 0 bridgehead atoms. The largest absolute Gasteiger partial charge is 0.451 e. The highest BCUT2D eigenvalue weighted by Gasteiger charge is 2.28. The van der Waals surface area contributed by atoms with Gasteiger partial charge >= 0.3 is 0 Å². The van der Waals surface area contributed by atoms with Crippen molar-refractivity contribution in [3.8, 4) is 0 Å². The van der Waals surface area contributed by atoms with Crippen LogP contribution in [-0.4, -0.2) is 31.7 Å². The lowest BCUT2D eigenvalue weighted by Crippen LogP contribution is -2.37. The molecule has 1 fully saturated rings. The van der Waals surface area contributed by atoms with Crippen molar-refractivity contribution in [1.82, 2.24) is 4.31 Å². The molecule has 7 nitrogen and oxygen atoms in total. The zero-order valence-electron chi connectivity index (χ0n) is 18.3. The normalized spacial score (nSPS) is 15.7. The van der Waals surface area contributed by atoms with E-state index in [4.69, 9.17) is 4.42 Å². The van der Waals surface area contributed by atoms with Gasteiger partial charge in [-0.15, -0.1) is 0 Å². The molecule has 0 atom stereocenters. The number of rotatable bonds is 4. The Morgan fingerprint density at radius 1 is 1.03 bits per heavy atom. The first-order valence-electron chi connectivity index (χ1n) is 10.6. The second-order valence-electron chi connectivity index (χ2n) is 8.47. The number of hydrogen-bond acceptors (Lipinski definition) is 5. The van der Waals surface area contributed by atoms with Crippen LogP contribution in [0.2, 0.25) is 0 Å². The minimum atomic E-state index is -3.56. The molecule has 0 aliphatic carbocycles. The van der Waals surface area contributed by atoms with Gasteiger partial charge in [0.15, 0.2) is 11.2 Å². The van der Waals surface area contributed by atoms with E-state index in [2.05, 4.69) is 12.2 Å². The molecule has 2 heterocycles. The molecule has 1 aliphatic heterocycles. The minimum Gasteiger partial charge on any atom is -0.451 e. The van der Waals surface area contributed by atoms with E-state index in [1.165, 1.54) is 34.6 Å². The third kappa shape index (κ3) is 4.33. The summed E-state index contributed by atoms with van der Waals surface area (Å²) in [5, 5.41) is 3.08. The van der Waals surface area contributed by atoms with Gasteiger partial charge in [-0.2, -0.15) is 4.31 Å². The monoisotopic (exact) mass is 454 g/mol. The molecule has 0 spiro atoms. The summed E-state index contributed by atoms with van der Waals surface area (Å²) in [5.74, 6) is -0.158. The van der Waals surface area contributed by atoms with E-state index in [-0.39, 0.29) is 16.1 Å². The van der Waals surface area contributed by atoms with Crippen molar-refractivity contribution in [3.05, 3.63) is 69.6 Å². The zero-order valence-corrected chi connectivity index (χ0v) is 19.2. The smallest absolute Gasteiger partial charge is 0.291 e. The molecule has 1 aliphatic rings. The summed E-state index contributed by atoms with van der Waals surface area (Å²) in [6.45, 7) is 6.97. The van der Waals surface area contributed by atoms with Crippen LogP contribution in [-0.2, 0) is 10.0 Å². The van der Waals surface area contributed by atoms with Crippen LogP contribution in [0, 0.1) is 19.8 Å². The number of carbonyl (C=O) groups is 1. The highest BCUT2D eigenvalue weighted by Crippen LogP contribution is 2.25. The van der Waals surface area contributed by atoms with Gasteiger partial charge in [-0.05, 0) is 80.1 Å². The molecule has 32 heavy (non-hydrogen) atoms. The quantitative estimate of drug-likeness (QED) is 0.641. The number of sulfonamides is 1. The number of benzene rings is 2. The summed E-state index contributed by atoms with van der Waals surface area (Å²) in [6.07, 6.45) is 1.70. The summed E-state index contributed by atoms with van der Waals surface area (Å²) in [5.41, 5.74) is 2.39. The highest BCUT2D eigenvalue weighted by atomic mass is 32.2. The number of nitrogens with zero attached hydrogens (tertiary/aromatic N) is 1. The first-order valence-corrected chi connectivity index (χ1v) is 12.1. The molecule has 3 aromatic rings. The van der Waals surface area contributed by atoms with Gasteiger partial charge < -0.3 is 9.73 Å². The first kappa shape index (κ1) is 22.2. The van der Waals surface area contributed by atoms with Crippen LogP contribution in [0.25, 0.3) is 11.0 Å². The van der Waals surface area contributed by atoms with Gasteiger partial charge in [0.05, 0.1) is 10.3 Å². The van der Waals surface area contributed by atoms with Gasteiger partial charge in [-0.3, -0.25) is 9.59 Å². The van der Waals surface area contributed by atoms with Gasteiger partial charge in [-0.25, -0.2) is 8.42 Å². The SMILES string of the molecule is Cc1cc2oc(C(=O)Nc3ccc(S(=O)(=O)N4CCC(C)CC4)cc3)cc(=O)c2cc1C. The molecule has 1 N–H and O–H groups in total. The Bertz CT molecular complexity index is 1340. The summed E-state index contributed by atoms with van der Waals surface area (Å²) in [7, 11) is -3.56. The maximum atomic E-state index is 12.9. The molecule has 2 aromatic carbocycles. The lowest BCUT2D eigenvalue weighted by Gasteiger charge is -2.29. The van der Waals surface area contributed by atoms with Crippen LogP contribution < -0.4 is 10.7 Å².